The lowest BCUT2D eigenvalue weighted by Crippen LogP contribution is -2.23. The van der Waals surface area contributed by atoms with Crippen molar-refractivity contribution in [3.63, 3.8) is 0 Å². The summed E-state index contributed by atoms with van der Waals surface area (Å²) in [5.74, 6) is -0.203. The van der Waals surface area contributed by atoms with Gasteiger partial charge in [0, 0.05) is 10.0 Å². The average molecular weight is 286 g/mol. The second kappa shape index (κ2) is 6.16. The molecule has 3 heteroatoms. The first-order valence-electron chi connectivity index (χ1n) is 5.40. The van der Waals surface area contributed by atoms with Gasteiger partial charge in [0.25, 0.3) is 0 Å². The van der Waals surface area contributed by atoms with Gasteiger partial charge in [0.15, 0.2) is 0 Å². The van der Waals surface area contributed by atoms with Gasteiger partial charge in [-0.2, -0.15) is 0 Å². The Labute approximate surface area is 105 Å². The van der Waals surface area contributed by atoms with Gasteiger partial charge in [-0.05, 0) is 32.0 Å². The van der Waals surface area contributed by atoms with Crippen LogP contribution in [-0.2, 0) is 0 Å². The zero-order valence-corrected chi connectivity index (χ0v) is 11.3. The highest BCUT2D eigenvalue weighted by molar-refractivity contribution is 9.10. The molecule has 0 radical (unpaired) electrons. The van der Waals surface area contributed by atoms with Crippen molar-refractivity contribution in [1.29, 1.82) is 0 Å². The quantitative estimate of drug-likeness (QED) is 0.800. The molecule has 1 unspecified atom stereocenters. The fourth-order valence-electron chi connectivity index (χ4n) is 1.57. The van der Waals surface area contributed by atoms with E-state index in [4.69, 9.17) is 0 Å². The van der Waals surface area contributed by atoms with Crippen LogP contribution in [0.4, 0.5) is 4.39 Å². The standard InChI is InChI=1S/C13H17BrFN/c1-4-7-16-13(9(2)3)11-6-5-10(14)8-12(11)15/h5-6,8,13,16H,2,4,7H2,1,3H3. The molecule has 0 bridgehead atoms. The van der Waals surface area contributed by atoms with Crippen LogP contribution in [0.3, 0.4) is 0 Å². The molecule has 1 atom stereocenters. The highest BCUT2D eigenvalue weighted by Crippen LogP contribution is 2.25. The minimum absolute atomic E-state index is 0.104. The summed E-state index contributed by atoms with van der Waals surface area (Å²) in [6.45, 7) is 8.76. The second-order valence-corrected chi connectivity index (χ2v) is 4.81. The van der Waals surface area contributed by atoms with Crippen molar-refractivity contribution < 1.29 is 4.39 Å². The van der Waals surface area contributed by atoms with Gasteiger partial charge >= 0.3 is 0 Å². The summed E-state index contributed by atoms with van der Waals surface area (Å²) in [7, 11) is 0. The number of benzene rings is 1. The highest BCUT2D eigenvalue weighted by Gasteiger charge is 2.15. The molecule has 1 aromatic carbocycles. The van der Waals surface area contributed by atoms with Crippen molar-refractivity contribution in [2.75, 3.05) is 6.54 Å². The van der Waals surface area contributed by atoms with Gasteiger partial charge in [-0.1, -0.05) is 41.1 Å². The molecule has 1 rings (SSSR count). The summed E-state index contributed by atoms with van der Waals surface area (Å²) in [6.07, 6.45) is 1.02. The van der Waals surface area contributed by atoms with Crippen LogP contribution in [-0.4, -0.2) is 6.54 Å². The van der Waals surface area contributed by atoms with Crippen LogP contribution in [0.1, 0.15) is 31.9 Å². The maximum atomic E-state index is 13.8. The number of nitrogens with one attached hydrogen (secondary N) is 1. The van der Waals surface area contributed by atoms with Crippen LogP contribution in [0.2, 0.25) is 0 Å². The molecular weight excluding hydrogens is 269 g/mol. The Morgan fingerprint density at radius 2 is 2.25 bits per heavy atom. The van der Waals surface area contributed by atoms with Crippen LogP contribution >= 0.6 is 15.9 Å². The predicted molar refractivity (Wildman–Crippen MR) is 69.9 cm³/mol. The molecule has 16 heavy (non-hydrogen) atoms. The lowest BCUT2D eigenvalue weighted by molar-refractivity contribution is 0.541. The largest absolute Gasteiger partial charge is 0.306 e. The monoisotopic (exact) mass is 285 g/mol. The molecule has 0 amide bonds. The van der Waals surface area contributed by atoms with Crippen LogP contribution in [0.25, 0.3) is 0 Å². The van der Waals surface area contributed by atoms with Gasteiger partial charge in [-0.15, -0.1) is 0 Å². The lowest BCUT2D eigenvalue weighted by Gasteiger charge is -2.19. The second-order valence-electron chi connectivity index (χ2n) is 3.90. The number of halogens is 2. The van der Waals surface area contributed by atoms with Gasteiger partial charge in [-0.3, -0.25) is 0 Å². The van der Waals surface area contributed by atoms with E-state index < -0.39 is 0 Å². The third-order valence-corrected chi connectivity index (χ3v) is 2.86. The van der Waals surface area contributed by atoms with E-state index >= 15 is 0 Å². The average Bonchev–Trinajstić information content (AvgIpc) is 2.20. The summed E-state index contributed by atoms with van der Waals surface area (Å²) >= 11 is 3.25. The van der Waals surface area contributed by atoms with Crippen LogP contribution < -0.4 is 5.32 Å². The maximum Gasteiger partial charge on any atom is 0.129 e. The maximum absolute atomic E-state index is 13.8. The Balaban J connectivity index is 2.96. The molecular formula is C13H17BrFN. The topological polar surface area (TPSA) is 12.0 Å². The van der Waals surface area contributed by atoms with Gasteiger partial charge in [-0.25, -0.2) is 4.39 Å². The first-order valence-corrected chi connectivity index (χ1v) is 6.19. The molecule has 0 aliphatic carbocycles. The van der Waals surface area contributed by atoms with Crippen molar-refractivity contribution in [3.8, 4) is 0 Å². The lowest BCUT2D eigenvalue weighted by atomic mass is 10.0. The smallest absolute Gasteiger partial charge is 0.129 e. The predicted octanol–water partition coefficient (Wildman–Crippen LogP) is 4.21. The Hall–Kier alpha value is -0.670. The van der Waals surface area contributed by atoms with E-state index in [1.54, 1.807) is 6.07 Å². The first kappa shape index (κ1) is 13.4. The van der Waals surface area contributed by atoms with E-state index in [0.29, 0.717) is 5.56 Å². The van der Waals surface area contributed by atoms with Crippen LogP contribution in [0, 0.1) is 5.82 Å². The Kier molecular flexibility index (Phi) is 5.16. The van der Waals surface area contributed by atoms with E-state index in [-0.39, 0.29) is 11.9 Å². The van der Waals surface area contributed by atoms with E-state index in [9.17, 15) is 4.39 Å². The number of rotatable bonds is 5. The summed E-state index contributed by atoms with van der Waals surface area (Å²) in [4.78, 5) is 0. The Morgan fingerprint density at radius 3 is 2.75 bits per heavy atom. The molecule has 0 aromatic heterocycles. The number of hydrogen-bond acceptors (Lipinski definition) is 1. The van der Waals surface area contributed by atoms with Crippen molar-refractivity contribution in [3.05, 3.63) is 46.2 Å². The highest BCUT2D eigenvalue weighted by atomic mass is 79.9. The molecule has 0 spiro atoms. The molecule has 0 heterocycles. The van der Waals surface area contributed by atoms with E-state index in [1.165, 1.54) is 6.07 Å². The zero-order valence-electron chi connectivity index (χ0n) is 9.69. The van der Waals surface area contributed by atoms with Gasteiger partial charge in [0.1, 0.15) is 5.82 Å². The molecule has 0 fully saturated rings. The molecule has 0 saturated carbocycles. The molecule has 88 valence electrons. The van der Waals surface area contributed by atoms with Crippen LogP contribution in [0.15, 0.2) is 34.8 Å². The van der Waals surface area contributed by atoms with Crippen molar-refractivity contribution >= 4 is 15.9 Å². The van der Waals surface area contributed by atoms with E-state index in [1.807, 2.05) is 13.0 Å². The van der Waals surface area contributed by atoms with Crippen molar-refractivity contribution in [2.45, 2.75) is 26.3 Å². The Morgan fingerprint density at radius 1 is 1.56 bits per heavy atom. The minimum atomic E-state index is -0.203. The molecule has 1 N–H and O–H groups in total. The van der Waals surface area contributed by atoms with Gasteiger partial charge in [0.05, 0.1) is 6.04 Å². The van der Waals surface area contributed by atoms with Crippen molar-refractivity contribution in [2.24, 2.45) is 0 Å². The van der Waals surface area contributed by atoms with Gasteiger partial charge < -0.3 is 5.32 Å². The summed E-state index contributed by atoms with van der Waals surface area (Å²) in [6, 6.07) is 5.02. The molecule has 1 aromatic rings. The first-order chi connectivity index (χ1) is 7.56. The van der Waals surface area contributed by atoms with Gasteiger partial charge in [0.2, 0.25) is 0 Å². The molecule has 1 nitrogen and oxygen atoms in total. The third-order valence-electron chi connectivity index (χ3n) is 2.36. The minimum Gasteiger partial charge on any atom is -0.306 e. The number of hydrogen-bond donors (Lipinski definition) is 1. The third kappa shape index (κ3) is 3.42. The van der Waals surface area contributed by atoms with Crippen LogP contribution in [0.5, 0.6) is 0 Å². The Bertz CT molecular complexity index is 376. The fourth-order valence-corrected chi connectivity index (χ4v) is 1.91. The van der Waals surface area contributed by atoms with Crippen molar-refractivity contribution in [1.82, 2.24) is 5.32 Å². The zero-order chi connectivity index (χ0) is 12.1. The fraction of sp³-hybridized carbons (Fsp3) is 0.385. The summed E-state index contributed by atoms with van der Waals surface area (Å²) in [5.41, 5.74) is 1.58. The SMILES string of the molecule is C=C(C)C(NCCC)c1ccc(Br)cc1F. The molecule has 0 saturated heterocycles. The molecule has 0 aliphatic rings. The molecule has 0 aliphatic heterocycles. The van der Waals surface area contributed by atoms with E-state index in [0.717, 1.165) is 23.0 Å². The van der Waals surface area contributed by atoms with E-state index in [2.05, 4.69) is 34.7 Å². The summed E-state index contributed by atoms with van der Waals surface area (Å²) in [5, 5.41) is 3.29. The summed E-state index contributed by atoms with van der Waals surface area (Å²) < 4.78 is 14.5. The normalized spacial score (nSPS) is 12.5.